The molecule has 0 aliphatic rings. The molecule has 2 heterocycles. The van der Waals surface area contributed by atoms with E-state index in [4.69, 9.17) is 0 Å². The van der Waals surface area contributed by atoms with Crippen molar-refractivity contribution in [2.24, 2.45) is 0 Å². The number of pyridine rings is 2. The first-order valence-corrected chi connectivity index (χ1v) is 9.14. The van der Waals surface area contributed by atoms with Crippen molar-refractivity contribution in [3.63, 3.8) is 0 Å². The quantitative estimate of drug-likeness (QED) is 0.418. The molecule has 138 valence electrons. The van der Waals surface area contributed by atoms with Crippen LogP contribution in [0.4, 0.5) is 5.69 Å². The zero-order chi connectivity index (χ0) is 19.9. The maximum Gasteiger partial charge on any atom is 0.248 e. The van der Waals surface area contributed by atoms with Gasteiger partial charge in [0, 0.05) is 40.7 Å². The highest BCUT2D eigenvalue weighted by atomic mass is 16.1. The highest BCUT2D eigenvalue weighted by Crippen LogP contribution is 2.17. The van der Waals surface area contributed by atoms with Gasteiger partial charge in [-0.05, 0) is 48.4 Å². The zero-order valence-corrected chi connectivity index (χ0v) is 15.5. The van der Waals surface area contributed by atoms with Gasteiger partial charge in [0.1, 0.15) is 5.69 Å². The van der Waals surface area contributed by atoms with Crippen LogP contribution in [0, 0.1) is 11.8 Å². The molecule has 0 saturated carbocycles. The summed E-state index contributed by atoms with van der Waals surface area (Å²) in [5.74, 6) is 5.86. The minimum atomic E-state index is -0.215. The van der Waals surface area contributed by atoms with Crippen LogP contribution in [-0.2, 0) is 4.79 Å². The van der Waals surface area contributed by atoms with Crippen LogP contribution in [0.25, 0.3) is 17.0 Å². The highest BCUT2D eigenvalue weighted by Gasteiger charge is 2.01. The third-order valence-corrected chi connectivity index (χ3v) is 4.21. The van der Waals surface area contributed by atoms with E-state index in [9.17, 15) is 4.79 Å². The van der Waals surface area contributed by atoms with Crippen molar-refractivity contribution >= 4 is 28.6 Å². The number of carbonyl (C=O) groups excluding carboxylic acids is 1. The molecular formula is C25H17N3O. The number of hydrogen-bond donors (Lipinski definition) is 1. The lowest BCUT2D eigenvalue weighted by Crippen LogP contribution is -2.07. The number of nitrogens with one attached hydrogen (secondary N) is 1. The van der Waals surface area contributed by atoms with Gasteiger partial charge in [0.15, 0.2) is 0 Å². The Morgan fingerprint density at radius 1 is 0.862 bits per heavy atom. The van der Waals surface area contributed by atoms with Gasteiger partial charge in [-0.2, -0.15) is 0 Å². The second-order valence-corrected chi connectivity index (χ2v) is 6.29. The fourth-order valence-electron chi connectivity index (χ4n) is 2.86. The number of fused-ring (bicyclic) bond motifs is 1. The maximum absolute atomic E-state index is 12.3. The van der Waals surface area contributed by atoms with E-state index >= 15 is 0 Å². The van der Waals surface area contributed by atoms with E-state index in [0.717, 1.165) is 22.0 Å². The molecule has 0 aliphatic heterocycles. The number of benzene rings is 2. The molecule has 4 nitrogen and oxygen atoms in total. The summed E-state index contributed by atoms with van der Waals surface area (Å²) in [4.78, 5) is 20.9. The summed E-state index contributed by atoms with van der Waals surface area (Å²) in [6, 6.07) is 22.8. The minimum Gasteiger partial charge on any atom is -0.322 e. The second kappa shape index (κ2) is 8.64. The van der Waals surface area contributed by atoms with Crippen molar-refractivity contribution < 1.29 is 4.79 Å². The molecule has 0 bridgehead atoms. The lowest BCUT2D eigenvalue weighted by Gasteiger charge is -2.03. The number of para-hydroxylation sites is 1. The summed E-state index contributed by atoms with van der Waals surface area (Å²) >= 11 is 0. The Morgan fingerprint density at radius 3 is 2.62 bits per heavy atom. The van der Waals surface area contributed by atoms with E-state index in [-0.39, 0.29) is 5.91 Å². The van der Waals surface area contributed by atoms with Crippen molar-refractivity contribution in [2.45, 2.75) is 0 Å². The molecule has 0 atom stereocenters. The van der Waals surface area contributed by atoms with Crippen molar-refractivity contribution in [3.8, 4) is 11.8 Å². The first-order valence-electron chi connectivity index (χ1n) is 9.14. The third kappa shape index (κ3) is 4.74. The standard InChI is InChI=1S/C25H17N3O/c29-24(15-13-21-8-4-7-20-9-5-17-27-25(20)21)28-23-11-3-6-19(18-23)12-14-22-10-1-2-16-26-22/h1-11,13,15-18H,(H,28,29)/b15-13+. The van der Waals surface area contributed by atoms with Gasteiger partial charge >= 0.3 is 0 Å². The number of aromatic nitrogens is 2. The smallest absolute Gasteiger partial charge is 0.248 e. The number of anilines is 1. The van der Waals surface area contributed by atoms with Gasteiger partial charge in [0.2, 0.25) is 5.91 Å². The van der Waals surface area contributed by atoms with E-state index in [2.05, 4.69) is 27.1 Å². The molecule has 0 fully saturated rings. The van der Waals surface area contributed by atoms with Gasteiger partial charge in [0.25, 0.3) is 0 Å². The summed E-state index contributed by atoms with van der Waals surface area (Å²) in [6.45, 7) is 0. The molecule has 0 saturated heterocycles. The Morgan fingerprint density at radius 2 is 1.72 bits per heavy atom. The Balaban J connectivity index is 1.47. The van der Waals surface area contributed by atoms with Crippen molar-refractivity contribution in [2.75, 3.05) is 5.32 Å². The molecule has 2 aromatic carbocycles. The van der Waals surface area contributed by atoms with Gasteiger partial charge < -0.3 is 5.32 Å². The van der Waals surface area contributed by atoms with Crippen molar-refractivity contribution in [1.82, 2.24) is 9.97 Å². The topological polar surface area (TPSA) is 54.9 Å². The largest absolute Gasteiger partial charge is 0.322 e. The molecule has 4 aromatic rings. The van der Waals surface area contributed by atoms with Gasteiger partial charge in [-0.1, -0.05) is 42.3 Å². The molecule has 0 unspecified atom stereocenters. The van der Waals surface area contributed by atoms with E-state index < -0.39 is 0 Å². The summed E-state index contributed by atoms with van der Waals surface area (Å²) in [6.07, 6.45) is 6.74. The summed E-state index contributed by atoms with van der Waals surface area (Å²) in [5.41, 5.74) is 3.95. The fraction of sp³-hybridized carbons (Fsp3) is 0. The molecule has 2 aromatic heterocycles. The molecule has 4 heteroatoms. The first-order chi connectivity index (χ1) is 14.3. The summed E-state index contributed by atoms with van der Waals surface area (Å²) in [7, 11) is 0. The van der Waals surface area contributed by atoms with E-state index in [1.54, 1.807) is 18.5 Å². The van der Waals surface area contributed by atoms with Gasteiger partial charge in [-0.15, -0.1) is 0 Å². The predicted molar refractivity (Wildman–Crippen MR) is 116 cm³/mol. The number of carbonyl (C=O) groups is 1. The van der Waals surface area contributed by atoms with Crippen LogP contribution in [0.15, 0.2) is 91.3 Å². The normalized spacial score (nSPS) is 10.5. The van der Waals surface area contributed by atoms with Gasteiger partial charge in [0.05, 0.1) is 5.52 Å². The molecule has 0 spiro atoms. The van der Waals surface area contributed by atoms with Crippen LogP contribution < -0.4 is 5.32 Å². The average Bonchev–Trinajstić information content (AvgIpc) is 2.77. The highest BCUT2D eigenvalue weighted by molar-refractivity contribution is 6.03. The third-order valence-electron chi connectivity index (χ3n) is 4.21. The van der Waals surface area contributed by atoms with Crippen LogP contribution in [0.3, 0.4) is 0 Å². The average molecular weight is 375 g/mol. The summed E-state index contributed by atoms with van der Waals surface area (Å²) in [5, 5.41) is 3.91. The van der Waals surface area contributed by atoms with Crippen LogP contribution in [0.5, 0.6) is 0 Å². The molecule has 0 aliphatic carbocycles. The van der Waals surface area contributed by atoms with Crippen LogP contribution in [0.1, 0.15) is 16.8 Å². The number of amides is 1. The molecule has 1 N–H and O–H groups in total. The first kappa shape index (κ1) is 18.1. The van der Waals surface area contributed by atoms with Crippen molar-refractivity contribution in [3.05, 3.63) is 108 Å². The van der Waals surface area contributed by atoms with E-state index in [0.29, 0.717) is 11.4 Å². The zero-order valence-electron chi connectivity index (χ0n) is 15.5. The molecular weight excluding hydrogens is 358 g/mol. The van der Waals surface area contributed by atoms with Gasteiger partial charge in [-0.25, -0.2) is 4.98 Å². The SMILES string of the molecule is O=C(/C=C/c1cccc2cccnc12)Nc1cccc(C#Cc2ccccn2)c1. The molecule has 1 amide bonds. The Hall–Kier alpha value is -4.23. The second-order valence-electron chi connectivity index (χ2n) is 6.29. The lowest BCUT2D eigenvalue weighted by molar-refractivity contribution is -0.111. The van der Waals surface area contributed by atoms with Crippen LogP contribution in [-0.4, -0.2) is 15.9 Å². The van der Waals surface area contributed by atoms with Crippen LogP contribution >= 0.6 is 0 Å². The maximum atomic E-state index is 12.3. The monoisotopic (exact) mass is 375 g/mol. The Labute approximate surface area is 169 Å². The molecule has 0 radical (unpaired) electrons. The summed E-state index contributed by atoms with van der Waals surface area (Å²) < 4.78 is 0. The van der Waals surface area contributed by atoms with E-state index in [1.807, 2.05) is 72.8 Å². The predicted octanol–water partition coefficient (Wildman–Crippen LogP) is 4.68. The Bertz CT molecular complexity index is 1250. The lowest BCUT2D eigenvalue weighted by atomic mass is 10.1. The number of hydrogen-bond acceptors (Lipinski definition) is 3. The minimum absolute atomic E-state index is 0.215. The molecule has 29 heavy (non-hydrogen) atoms. The fourth-order valence-corrected chi connectivity index (χ4v) is 2.86. The van der Waals surface area contributed by atoms with E-state index in [1.165, 1.54) is 6.08 Å². The number of nitrogens with zero attached hydrogens (tertiary/aromatic N) is 2. The molecule has 4 rings (SSSR count). The Kier molecular flexibility index (Phi) is 5.41. The number of rotatable bonds is 3. The van der Waals surface area contributed by atoms with Gasteiger partial charge in [-0.3, -0.25) is 9.78 Å². The van der Waals surface area contributed by atoms with Crippen molar-refractivity contribution in [1.29, 1.82) is 0 Å². The van der Waals surface area contributed by atoms with Crippen LogP contribution in [0.2, 0.25) is 0 Å².